The van der Waals surface area contributed by atoms with E-state index in [1.807, 2.05) is 38.1 Å². The molecule has 0 bridgehead atoms. The number of carbonyl (C=O) groups is 1. The lowest BCUT2D eigenvalue weighted by atomic mass is 10.1. The predicted octanol–water partition coefficient (Wildman–Crippen LogP) is 2.51. The molecular weight excluding hydrogens is 314 g/mol. The molecule has 0 aliphatic heterocycles. The molecule has 3 aromatic rings. The third-order valence-corrected chi connectivity index (χ3v) is 3.72. The van der Waals surface area contributed by atoms with Gasteiger partial charge in [0.1, 0.15) is 11.2 Å². The predicted molar refractivity (Wildman–Crippen MR) is 97.9 cm³/mol. The molecule has 1 aromatic carbocycles. The minimum atomic E-state index is -0.410. The van der Waals surface area contributed by atoms with E-state index in [1.165, 1.54) is 6.20 Å². The minimum Gasteiger partial charge on any atom is -0.350 e. The number of carbonyl (C=O) groups excluding carboxylic acids is 1. The first kappa shape index (κ1) is 16.5. The monoisotopic (exact) mass is 331 g/mol. The van der Waals surface area contributed by atoms with Crippen molar-refractivity contribution in [1.29, 1.82) is 0 Å². The number of nitrogens with one attached hydrogen (secondary N) is 1. The van der Waals surface area contributed by atoms with E-state index in [4.69, 9.17) is 6.42 Å². The lowest BCUT2D eigenvalue weighted by Crippen LogP contribution is -2.34. The molecule has 3 rings (SSSR count). The summed E-state index contributed by atoms with van der Waals surface area (Å²) in [6.45, 7) is 3.69. The Balaban J connectivity index is 2.31. The van der Waals surface area contributed by atoms with Crippen LogP contribution in [0.3, 0.4) is 0 Å². The largest absolute Gasteiger partial charge is 0.350 e. The van der Waals surface area contributed by atoms with Crippen molar-refractivity contribution in [2.24, 2.45) is 0 Å². The summed E-state index contributed by atoms with van der Waals surface area (Å²) >= 11 is 0. The smallest absolute Gasteiger partial charge is 0.256 e. The SMILES string of the molecule is C#Cc1cccc(-n2cc(C(=O)NC(C)C)c(=O)c3cccnc32)c1. The van der Waals surface area contributed by atoms with E-state index >= 15 is 0 Å². The third-order valence-electron chi connectivity index (χ3n) is 3.72. The van der Waals surface area contributed by atoms with E-state index < -0.39 is 5.91 Å². The fourth-order valence-electron chi connectivity index (χ4n) is 2.60. The average molecular weight is 331 g/mol. The number of pyridine rings is 2. The summed E-state index contributed by atoms with van der Waals surface area (Å²) in [5.41, 5.74) is 1.64. The number of fused-ring (bicyclic) bond motifs is 1. The van der Waals surface area contributed by atoms with E-state index in [0.29, 0.717) is 16.6 Å². The highest BCUT2D eigenvalue weighted by molar-refractivity contribution is 5.97. The van der Waals surface area contributed by atoms with Gasteiger partial charge in [0.15, 0.2) is 0 Å². The Hall–Kier alpha value is -3.39. The normalized spacial score (nSPS) is 10.6. The summed E-state index contributed by atoms with van der Waals surface area (Å²) in [7, 11) is 0. The van der Waals surface area contributed by atoms with Crippen LogP contribution in [0.15, 0.2) is 53.6 Å². The first-order valence-corrected chi connectivity index (χ1v) is 7.89. The second kappa shape index (κ2) is 6.62. The Morgan fingerprint density at radius 1 is 1.28 bits per heavy atom. The molecule has 0 radical (unpaired) electrons. The summed E-state index contributed by atoms with van der Waals surface area (Å²) in [5.74, 6) is 2.18. The van der Waals surface area contributed by atoms with Crippen LogP contribution < -0.4 is 10.7 Å². The fourth-order valence-corrected chi connectivity index (χ4v) is 2.60. The quantitative estimate of drug-likeness (QED) is 0.750. The number of terminal acetylenes is 1. The van der Waals surface area contributed by atoms with Crippen molar-refractivity contribution in [2.45, 2.75) is 19.9 Å². The zero-order chi connectivity index (χ0) is 18.0. The molecule has 124 valence electrons. The molecule has 0 fully saturated rings. The number of amides is 1. The van der Waals surface area contributed by atoms with Gasteiger partial charge in [-0.25, -0.2) is 4.98 Å². The Kier molecular flexibility index (Phi) is 4.36. The van der Waals surface area contributed by atoms with E-state index in [0.717, 1.165) is 5.69 Å². The maximum atomic E-state index is 12.7. The molecule has 25 heavy (non-hydrogen) atoms. The van der Waals surface area contributed by atoms with Gasteiger partial charge in [0, 0.05) is 29.7 Å². The number of benzene rings is 1. The maximum Gasteiger partial charge on any atom is 0.256 e. The van der Waals surface area contributed by atoms with Crippen LogP contribution in [0.5, 0.6) is 0 Å². The molecular formula is C20H17N3O2. The van der Waals surface area contributed by atoms with E-state index in [-0.39, 0.29) is 17.0 Å². The van der Waals surface area contributed by atoms with Crippen molar-refractivity contribution in [3.05, 3.63) is 70.1 Å². The van der Waals surface area contributed by atoms with Gasteiger partial charge in [-0.2, -0.15) is 0 Å². The van der Waals surface area contributed by atoms with Crippen LogP contribution in [0, 0.1) is 12.3 Å². The number of hydrogen-bond donors (Lipinski definition) is 1. The van der Waals surface area contributed by atoms with Gasteiger partial charge in [0.2, 0.25) is 5.43 Å². The Bertz CT molecular complexity index is 1060. The van der Waals surface area contributed by atoms with Crippen molar-refractivity contribution in [3.8, 4) is 18.0 Å². The van der Waals surface area contributed by atoms with Gasteiger partial charge in [0.05, 0.1) is 5.39 Å². The highest BCUT2D eigenvalue weighted by Gasteiger charge is 2.17. The van der Waals surface area contributed by atoms with Crippen molar-refractivity contribution in [1.82, 2.24) is 14.9 Å². The molecule has 5 nitrogen and oxygen atoms in total. The van der Waals surface area contributed by atoms with Gasteiger partial charge in [0.25, 0.3) is 5.91 Å². The Morgan fingerprint density at radius 2 is 2.08 bits per heavy atom. The molecule has 5 heteroatoms. The van der Waals surface area contributed by atoms with Crippen LogP contribution >= 0.6 is 0 Å². The topological polar surface area (TPSA) is 64.0 Å². The van der Waals surface area contributed by atoms with E-state index in [2.05, 4.69) is 16.2 Å². The van der Waals surface area contributed by atoms with Gasteiger partial charge < -0.3 is 9.88 Å². The van der Waals surface area contributed by atoms with Gasteiger partial charge in [-0.1, -0.05) is 12.0 Å². The van der Waals surface area contributed by atoms with Crippen LogP contribution in [0.25, 0.3) is 16.7 Å². The van der Waals surface area contributed by atoms with Crippen LogP contribution in [-0.2, 0) is 0 Å². The molecule has 2 aromatic heterocycles. The van der Waals surface area contributed by atoms with Crippen molar-refractivity contribution in [3.63, 3.8) is 0 Å². The first-order chi connectivity index (χ1) is 12.0. The lowest BCUT2D eigenvalue weighted by molar-refractivity contribution is 0.0941. The molecule has 0 spiro atoms. The molecule has 0 saturated carbocycles. The van der Waals surface area contributed by atoms with Crippen LogP contribution in [0.1, 0.15) is 29.8 Å². The summed E-state index contributed by atoms with van der Waals surface area (Å²) in [6.07, 6.45) is 8.60. The van der Waals surface area contributed by atoms with Gasteiger partial charge in [-0.15, -0.1) is 6.42 Å². The Morgan fingerprint density at radius 3 is 2.80 bits per heavy atom. The zero-order valence-corrected chi connectivity index (χ0v) is 14.0. The zero-order valence-electron chi connectivity index (χ0n) is 14.0. The second-order valence-corrected chi connectivity index (χ2v) is 5.94. The lowest BCUT2D eigenvalue weighted by Gasteiger charge is -2.14. The number of hydrogen-bond acceptors (Lipinski definition) is 3. The highest BCUT2D eigenvalue weighted by atomic mass is 16.2. The number of aromatic nitrogens is 2. The van der Waals surface area contributed by atoms with Crippen LogP contribution in [0.2, 0.25) is 0 Å². The average Bonchev–Trinajstić information content (AvgIpc) is 2.61. The fraction of sp³-hybridized carbons (Fsp3) is 0.150. The number of rotatable bonds is 3. The van der Waals surface area contributed by atoms with Crippen molar-refractivity contribution < 1.29 is 4.79 Å². The second-order valence-electron chi connectivity index (χ2n) is 5.94. The molecule has 0 unspecified atom stereocenters. The summed E-state index contributed by atoms with van der Waals surface area (Å²) < 4.78 is 1.72. The maximum absolute atomic E-state index is 12.7. The molecule has 2 heterocycles. The van der Waals surface area contributed by atoms with Gasteiger partial charge >= 0.3 is 0 Å². The molecule has 0 aliphatic carbocycles. The van der Waals surface area contributed by atoms with Crippen LogP contribution in [0.4, 0.5) is 0 Å². The minimum absolute atomic E-state index is 0.0697. The number of nitrogens with zero attached hydrogens (tertiary/aromatic N) is 2. The summed E-state index contributed by atoms with van der Waals surface area (Å²) in [5, 5.41) is 3.14. The standard InChI is InChI=1S/C20H17N3O2/c1-4-14-7-5-8-15(11-14)23-12-17(20(25)22-13(2)3)18(24)16-9-6-10-21-19(16)23/h1,5-13H,2-3H3,(H,22,25). The third kappa shape index (κ3) is 3.15. The van der Waals surface area contributed by atoms with Crippen LogP contribution in [-0.4, -0.2) is 21.5 Å². The van der Waals surface area contributed by atoms with Gasteiger partial charge in [-0.05, 0) is 44.2 Å². The van der Waals surface area contributed by atoms with E-state index in [1.54, 1.807) is 22.9 Å². The summed E-state index contributed by atoms with van der Waals surface area (Å²) in [6, 6.07) is 10.6. The Labute approximate surface area is 145 Å². The molecule has 0 saturated heterocycles. The first-order valence-electron chi connectivity index (χ1n) is 7.89. The van der Waals surface area contributed by atoms with Crippen molar-refractivity contribution >= 4 is 16.9 Å². The van der Waals surface area contributed by atoms with Gasteiger partial charge in [-0.3, -0.25) is 9.59 Å². The molecule has 1 amide bonds. The molecule has 0 atom stereocenters. The molecule has 1 N–H and O–H groups in total. The summed E-state index contributed by atoms with van der Waals surface area (Å²) in [4.78, 5) is 29.5. The highest BCUT2D eigenvalue weighted by Crippen LogP contribution is 2.17. The van der Waals surface area contributed by atoms with Crippen molar-refractivity contribution in [2.75, 3.05) is 0 Å². The molecule has 0 aliphatic rings. The van der Waals surface area contributed by atoms with E-state index in [9.17, 15) is 9.59 Å².